The summed E-state index contributed by atoms with van der Waals surface area (Å²) in [5.41, 5.74) is 3.38. The van der Waals surface area contributed by atoms with E-state index in [9.17, 15) is 14.7 Å². The first-order valence-electron chi connectivity index (χ1n) is 11.1. The van der Waals surface area contributed by atoms with Gasteiger partial charge in [-0.1, -0.05) is 60.2 Å². The lowest BCUT2D eigenvalue weighted by Crippen LogP contribution is -2.29. The van der Waals surface area contributed by atoms with Crippen LogP contribution in [0.25, 0.3) is 5.76 Å². The number of aryl methyl sites for hydroxylation is 1. The number of aliphatic hydroxyl groups is 1. The lowest BCUT2D eigenvalue weighted by molar-refractivity contribution is -0.132. The monoisotopic (exact) mass is 482 g/mol. The van der Waals surface area contributed by atoms with Crippen molar-refractivity contribution in [2.45, 2.75) is 19.6 Å². The van der Waals surface area contributed by atoms with Crippen LogP contribution in [-0.4, -0.2) is 21.8 Å². The van der Waals surface area contributed by atoms with Crippen LogP contribution in [0, 0.1) is 6.92 Å². The predicted octanol–water partition coefficient (Wildman–Crippen LogP) is 5.66. The minimum absolute atomic E-state index is 0.0322. The van der Waals surface area contributed by atoms with Crippen molar-refractivity contribution < 1.29 is 19.4 Å². The van der Waals surface area contributed by atoms with Gasteiger partial charge in [0.1, 0.15) is 18.1 Å². The molecule has 1 aliphatic rings. The summed E-state index contributed by atoms with van der Waals surface area (Å²) in [5.74, 6) is -1.06. The van der Waals surface area contributed by atoms with Crippen LogP contribution in [0.1, 0.15) is 28.3 Å². The van der Waals surface area contributed by atoms with Gasteiger partial charge >= 0.3 is 5.91 Å². The fourth-order valence-corrected chi connectivity index (χ4v) is 4.82. The first-order chi connectivity index (χ1) is 17.0. The van der Waals surface area contributed by atoms with Gasteiger partial charge in [-0.15, -0.1) is 11.3 Å². The van der Waals surface area contributed by atoms with Gasteiger partial charge in [0.05, 0.1) is 11.6 Å². The van der Waals surface area contributed by atoms with Crippen LogP contribution in [-0.2, 0) is 16.2 Å². The number of rotatable bonds is 6. The highest BCUT2D eigenvalue weighted by molar-refractivity contribution is 7.14. The number of anilines is 1. The molecule has 1 atom stereocenters. The van der Waals surface area contributed by atoms with Crippen LogP contribution in [0.4, 0.5) is 5.13 Å². The average molecular weight is 483 g/mol. The van der Waals surface area contributed by atoms with Crippen LogP contribution in [0.5, 0.6) is 5.75 Å². The molecule has 0 unspecified atom stereocenters. The summed E-state index contributed by atoms with van der Waals surface area (Å²) in [4.78, 5) is 31.7. The summed E-state index contributed by atoms with van der Waals surface area (Å²) in [6.07, 6.45) is 1.58. The Labute approximate surface area is 206 Å². The fourth-order valence-electron chi connectivity index (χ4n) is 4.15. The Balaban J connectivity index is 1.47. The third kappa shape index (κ3) is 4.46. The predicted molar refractivity (Wildman–Crippen MR) is 135 cm³/mol. The third-order valence-electron chi connectivity index (χ3n) is 5.80. The van der Waals surface area contributed by atoms with Crippen molar-refractivity contribution in [2.24, 2.45) is 0 Å². The second-order valence-electron chi connectivity index (χ2n) is 8.20. The number of benzene rings is 3. The molecule has 35 heavy (non-hydrogen) atoms. The topological polar surface area (TPSA) is 79.7 Å². The lowest BCUT2D eigenvalue weighted by Gasteiger charge is -2.22. The van der Waals surface area contributed by atoms with E-state index in [1.165, 1.54) is 16.2 Å². The van der Waals surface area contributed by atoms with E-state index in [2.05, 4.69) is 11.1 Å². The number of amides is 1. The lowest BCUT2D eigenvalue weighted by atomic mass is 9.95. The number of aliphatic hydroxyl groups excluding tert-OH is 1. The molecule has 0 saturated carbocycles. The van der Waals surface area contributed by atoms with E-state index in [4.69, 9.17) is 4.74 Å². The molecular formula is C28H22N2O4S. The second kappa shape index (κ2) is 9.56. The SMILES string of the molecule is Cc1cccc(COc2ccc(/C(O)=C3\C(=O)C(=O)N(c4nccs4)[C@@H]3c3ccccc3)cc2)c1. The zero-order chi connectivity index (χ0) is 24.4. The highest BCUT2D eigenvalue weighted by Crippen LogP contribution is 2.42. The highest BCUT2D eigenvalue weighted by Gasteiger charge is 2.47. The number of Topliss-reactive ketones (excluding diaryl/α,β-unsaturated/α-hetero) is 1. The molecule has 0 aliphatic carbocycles. The molecule has 1 aromatic heterocycles. The molecule has 1 N–H and O–H groups in total. The van der Waals surface area contributed by atoms with E-state index in [-0.39, 0.29) is 11.3 Å². The minimum atomic E-state index is -0.778. The van der Waals surface area contributed by atoms with E-state index in [1.807, 2.05) is 55.5 Å². The number of carbonyl (C=O) groups is 2. The molecule has 1 saturated heterocycles. The molecule has 0 bridgehead atoms. The number of ether oxygens (including phenoxy) is 1. The standard InChI is InChI=1S/C28H22N2O4S/c1-18-6-5-7-19(16-18)17-34-22-12-10-21(11-13-22)25(31)23-24(20-8-3-2-4-9-20)30(27(33)26(23)32)28-29-14-15-35-28/h2-16,24,31H,17H2,1H3/b25-23+/t24-/m1/s1. The van der Waals surface area contributed by atoms with Gasteiger partial charge in [0.15, 0.2) is 5.13 Å². The Morgan fingerprint density at radius 1 is 1.03 bits per heavy atom. The highest BCUT2D eigenvalue weighted by atomic mass is 32.1. The maximum Gasteiger partial charge on any atom is 0.301 e. The molecule has 7 heteroatoms. The van der Waals surface area contributed by atoms with Crippen molar-refractivity contribution in [2.75, 3.05) is 4.90 Å². The summed E-state index contributed by atoms with van der Waals surface area (Å²) < 4.78 is 5.87. The molecule has 174 valence electrons. The van der Waals surface area contributed by atoms with Crippen molar-refractivity contribution in [1.82, 2.24) is 4.98 Å². The van der Waals surface area contributed by atoms with E-state index in [0.717, 1.165) is 11.1 Å². The van der Waals surface area contributed by atoms with Crippen molar-refractivity contribution in [1.29, 1.82) is 0 Å². The molecule has 1 fully saturated rings. The van der Waals surface area contributed by atoms with Gasteiger partial charge in [-0.05, 0) is 42.3 Å². The fraction of sp³-hybridized carbons (Fsp3) is 0.107. The van der Waals surface area contributed by atoms with Crippen LogP contribution >= 0.6 is 11.3 Å². The Kier molecular flexibility index (Phi) is 6.16. The van der Waals surface area contributed by atoms with Crippen molar-refractivity contribution in [3.8, 4) is 5.75 Å². The molecule has 0 radical (unpaired) electrons. The van der Waals surface area contributed by atoms with Gasteiger partial charge in [0.25, 0.3) is 5.78 Å². The number of nitrogens with zero attached hydrogens (tertiary/aromatic N) is 2. The summed E-state index contributed by atoms with van der Waals surface area (Å²) in [7, 11) is 0. The zero-order valence-electron chi connectivity index (χ0n) is 18.9. The van der Waals surface area contributed by atoms with Crippen LogP contribution < -0.4 is 9.64 Å². The Bertz CT molecular complexity index is 1400. The Morgan fingerprint density at radius 2 is 1.80 bits per heavy atom. The number of hydrogen-bond donors (Lipinski definition) is 1. The zero-order valence-corrected chi connectivity index (χ0v) is 19.7. The quantitative estimate of drug-likeness (QED) is 0.218. The molecule has 0 spiro atoms. The van der Waals surface area contributed by atoms with Gasteiger partial charge in [-0.2, -0.15) is 0 Å². The van der Waals surface area contributed by atoms with E-state index in [0.29, 0.717) is 28.6 Å². The average Bonchev–Trinajstić information content (AvgIpc) is 3.50. The number of aromatic nitrogens is 1. The molecule has 2 heterocycles. The molecule has 5 rings (SSSR count). The van der Waals surface area contributed by atoms with Crippen LogP contribution in [0.2, 0.25) is 0 Å². The maximum absolute atomic E-state index is 13.1. The van der Waals surface area contributed by atoms with Gasteiger partial charge in [0.2, 0.25) is 0 Å². The Hall–Kier alpha value is -4.23. The molecular weight excluding hydrogens is 460 g/mol. The summed E-state index contributed by atoms with van der Waals surface area (Å²) >= 11 is 1.26. The van der Waals surface area contributed by atoms with E-state index < -0.39 is 17.7 Å². The first kappa shape index (κ1) is 22.6. The summed E-state index contributed by atoms with van der Waals surface area (Å²) in [5, 5.41) is 13.4. The number of ketones is 1. The van der Waals surface area contributed by atoms with Crippen molar-refractivity contribution >= 4 is 33.9 Å². The number of hydrogen-bond acceptors (Lipinski definition) is 6. The van der Waals surface area contributed by atoms with Gasteiger partial charge in [0, 0.05) is 17.1 Å². The molecule has 4 aromatic rings. The van der Waals surface area contributed by atoms with Gasteiger partial charge in [-0.25, -0.2) is 4.98 Å². The molecule has 1 aliphatic heterocycles. The van der Waals surface area contributed by atoms with Crippen molar-refractivity contribution in [3.05, 3.63) is 118 Å². The Morgan fingerprint density at radius 3 is 2.49 bits per heavy atom. The van der Waals surface area contributed by atoms with Crippen molar-refractivity contribution in [3.63, 3.8) is 0 Å². The van der Waals surface area contributed by atoms with Crippen LogP contribution in [0.3, 0.4) is 0 Å². The summed E-state index contributed by atoms with van der Waals surface area (Å²) in [6, 6.07) is 23.3. The normalized spacial score (nSPS) is 17.1. The minimum Gasteiger partial charge on any atom is -0.507 e. The second-order valence-corrected chi connectivity index (χ2v) is 9.07. The maximum atomic E-state index is 13.1. The molecule has 3 aromatic carbocycles. The first-order valence-corrected chi connectivity index (χ1v) is 11.9. The number of thiazole rings is 1. The van der Waals surface area contributed by atoms with E-state index >= 15 is 0 Å². The van der Waals surface area contributed by atoms with Crippen LogP contribution in [0.15, 0.2) is 96.0 Å². The van der Waals surface area contributed by atoms with Gasteiger partial charge < -0.3 is 9.84 Å². The number of carbonyl (C=O) groups excluding carboxylic acids is 2. The molecule has 6 nitrogen and oxygen atoms in total. The third-order valence-corrected chi connectivity index (χ3v) is 6.57. The summed E-state index contributed by atoms with van der Waals surface area (Å²) in [6.45, 7) is 2.45. The van der Waals surface area contributed by atoms with Gasteiger partial charge in [-0.3, -0.25) is 14.5 Å². The largest absolute Gasteiger partial charge is 0.507 e. The smallest absolute Gasteiger partial charge is 0.301 e. The molecule has 1 amide bonds. The van der Waals surface area contributed by atoms with E-state index in [1.54, 1.807) is 35.8 Å².